The van der Waals surface area contributed by atoms with Gasteiger partial charge in [0.1, 0.15) is 0 Å². The molecule has 0 radical (unpaired) electrons. The van der Waals surface area contributed by atoms with Gasteiger partial charge in [0, 0.05) is 15.7 Å². The predicted molar refractivity (Wildman–Crippen MR) is 61.5 cm³/mol. The molecule has 1 aromatic carbocycles. The number of thioether (sulfide) groups is 1. The van der Waals surface area contributed by atoms with Gasteiger partial charge in [-0.1, -0.05) is 11.6 Å². The highest BCUT2D eigenvalue weighted by atomic mass is 35.5. The van der Waals surface area contributed by atoms with Crippen molar-refractivity contribution in [2.45, 2.75) is 17.7 Å². The van der Waals surface area contributed by atoms with Crippen molar-refractivity contribution in [3.8, 4) is 0 Å². The van der Waals surface area contributed by atoms with E-state index in [1.54, 1.807) is 11.8 Å². The molecule has 0 aliphatic heterocycles. The van der Waals surface area contributed by atoms with E-state index in [4.69, 9.17) is 16.7 Å². The highest BCUT2D eigenvalue weighted by Gasteiger charge is 2.49. The average molecular weight is 243 g/mol. The lowest BCUT2D eigenvalue weighted by Gasteiger charge is -2.08. The molecule has 1 aromatic rings. The molecule has 2 rings (SSSR count). The summed E-state index contributed by atoms with van der Waals surface area (Å²) in [5, 5.41) is 9.70. The van der Waals surface area contributed by atoms with Crippen molar-refractivity contribution in [1.82, 2.24) is 0 Å². The van der Waals surface area contributed by atoms with Crippen molar-refractivity contribution in [1.29, 1.82) is 0 Å². The molecule has 0 saturated heterocycles. The summed E-state index contributed by atoms with van der Waals surface area (Å²) in [6.45, 7) is 0. The fourth-order valence-corrected chi connectivity index (χ4v) is 2.63. The summed E-state index contributed by atoms with van der Waals surface area (Å²) in [5.41, 5.74) is -0.454. The van der Waals surface area contributed by atoms with Gasteiger partial charge in [0.25, 0.3) is 0 Å². The van der Waals surface area contributed by atoms with Crippen molar-refractivity contribution in [2.75, 3.05) is 5.75 Å². The second-order valence-electron chi connectivity index (χ2n) is 3.83. The first-order chi connectivity index (χ1) is 7.12. The van der Waals surface area contributed by atoms with Crippen LogP contribution in [0.25, 0.3) is 0 Å². The molecule has 0 heterocycles. The summed E-state index contributed by atoms with van der Waals surface area (Å²) >= 11 is 7.35. The lowest BCUT2D eigenvalue weighted by Crippen LogP contribution is -2.17. The average Bonchev–Trinajstić information content (AvgIpc) is 2.98. The summed E-state index contributed by atoms with van der Waals surface area (Å²) in [6, 6.07) is 7.49. The molecule has 1 aliphatic carbocycles. The minimum atomic E-state index is -0.663. The van der Waals surface area contributed by atoms with Crippen LogP contribution in [-0.2, 0) is 4.79 Å². The molecule has 0 bridgehead atoms. The van der Waals surface area contributed by atoms with Gasteiger partial charge in [-0.15, -0.1) is 11.8 Å². The van der Waals surface area contributed by atoms with Crippen LogP contribution >= 0.6 is 23.4 Å². The molecule has 1 N–H and O–H groups in total. The van der Waals surface area contributed by atoms with E-state index in [-0.39, 0.29) is 0 Å². The standard InChI is InChI=1S/C11H11ClO2S/c12-8-1-3-9(4-2-8)15-7-11(5-6-11)10(13)14/h1-4H,5-7H2,(H,13,14). The molecular formula is C11H11ClO2S. The van der Waals surface area contributed by atoms with Crippen LogP contribution in [0.3, 0.4) is 0 Å². The van der Waals surface area contributed by atoms with Gasteiger partial charge in [0.2, 0.25) is 0 Å². The molecule has 0 spiro atoms. The van der Waals surface area contributed by atoms with Crippen molar-refractivity contribution in [2.24, 2.45) is 5.41 Å². The minimum absolute atomic E-state index is 0.454. The maximum Gasteiger partial charge on any atom is 0.310 e. The first kappa shape index (κ1) is 10.8. The number of aliphatic carboxylic acids is 1. The van der Waals surface area contributed by atoms with Crippen molar-refractivity contribution < 1.29 is 9.90 Å². The number of carboxylic acid groups (broad SMARTS) is 1. The molecule has 0 atom stereocenters. The Morgan fingerprint density at radius 3 is 2.47 bits per heavy atom. The molecule has 0 amide bonds. The third-order valence-corrected chi connectivity index (χ3v) is 4.19. The predicted octanol–water partition coefficient (Wildman–Crippen LogP) is 3.30. The van der Waals surface area contributed by atoms with Gasteiger partial charge in [-0.25, -0.2) is 0 Å². The summed E-state index contributed by atoms with van der Waals surface area (Å²) in [5.74, 6) is -0.00628. The number of benzene rings is 1. The van der Waals surface area contributed by atoms with Crippen molar-refractivity contribution in [3.05, 3.63) is 29.3 Å². The van der Waals surface area contributed by atoms with E-state index in [0.29, 0.717) is 10.8 Å². The SMILES string of the molecule is O=C(O)C1(CSc2ccc(Cl)cc2)CC1. The van der Waals surface area contributed by atoms with Crippen LogP contribution in [-0.4, -0.2) is 16.8 Å². The second-order valence-corrected chi connectivity index (χ2v) is 5.31. The fourth-order valence-electron chi connectivity index (χ4n) is 1.32. The maximum absolute atomic E-state index is 10.9. The van der Waals surface area contributed by atoms with Gasteiger partial charge in [-0.2, -0.15) is 0 Å². The number of carboxylic acids is 1. The zero-order valence-electron chi connectivity index (χ0n) is 8.07. The fraction of sp³-hybridized carbons (Fsp3) is 0.364. The molecule has 1 saturated carbocycles. The van der Waals surface area contributed by atoms with E-state index >= 15 is 0 Å². The quantitative estimate of drug-likeness (QED) is 0.824. The first-order valence-electron chi connectivity index (χ1n) is 4.74. The van der Waals surface area contributed by atoms with Crippen LogP contribution in [0.4, 0.5) is 0 Å². The summed E-state index contributed by atoms with van der Waals surface area (Å²) in [7, 11) is 0. The Kier molecular flexibility index (Phi) is 2.94. The zero-order valence-corrected chi connectivity index (χ0v) is 9.64. The number of hydrogen-bond donors (Lipinski definition) is 1. The van der Waals surface area contributed by atoms with Crippen LogP contribution in [0.2, 0.25) is 5.02 Å². The Bertz CT molecular complexity index is 371. The number of carbonyl (C=O) groups is 1. The Morgan fingerprint density at radius 1 is 1.40 bits per heavy atom. The summed E-state index contributed by atoms with van der Waals surface area (Å²) in [4.78, 5) is 12.0. The lowest BCUT2D eigenvalue weighted by atomic mass is 10.1. The van der Waals surface area contributed by atoms with E-state index in [0.717, 1.165) is 17.7 Å². The topological polar surface area (TPSA) is 37.3 Å². The van der Waals surface area contributed by atoms with E-state index in [9.17, 15) is 4.79 Å². The van der Waals surface area contributed by atoms with Gasteiger partial charge in [-0.3, -0.25) is 4.79 Å². The number of halogens is 1. The van der Waals surface area contributed by atoms with Gasteiger partial charge in [0.05, 0.1) is 5.41 Å². The van der Waals surface area contributed by atoms with Crippen LogP contribution in [0.5, 0.6) is 0 Å². The monoisotopic (exact) mass is 242 g/mol. The molecule has 2 nitrogen and oxygen atoms in total. The second kappa shape index (κ2) is 4.06. The summed E-state index contributed by atoms with van der Waals surface area (Å²) in [6.07, 6.45) is 1.62. The molecule has 15 heavy (non-hydrogen) atoms. The summed E-state index contributed by atoms with van der Waals surface area (Å²) < 4.78 is 0. The van der Waals surface area contributed by atoms with E-state index in [1.165, 1.54) is 0 Å². The van der Waals surface area contributed by atoms with Crippen LogP contribution in [0.15, 0.2) is 29.2 Å². The number of hydrogen-bond acceptors (Lipinski definition) is 2. The number of rotatable bonds is 4. The molecule has 4 heteroatoms. The smallest absolute Gasteiger partial charge is 0.310 e. The highest BCUT2D eigenvalue weighted by Crippen LogP contribution is 2.49. The van der Waals surface area contributed by atoms with E-state index < -0.39 is 11.4 Å². The zero-order chi connectivity index (χ0) is 10.9. The largest absolute Gasteiger partial charge is 0.481 e. The van der Waals surface area contributed by atoms with Crippen LogP contribution in [0, 0.1) is 5.41 Å². The Hall–Kier alpha value is -0.670. The Balaban J connectivity index is 1.94. The molecule has 80 valence electrons. The van der Waals surface area contributed by atoms with Gasteiger partial charge >= 0.3 is 5.97 Å². The molecule has 1 aliphatic rings. The molecule has 1 fully saturated rings. The van der Waals surface area contributed by atoms with Gasteiger partial charge < -0.3 is 5.11 Å². The third-order valence-electron chi connectivity index (χ3n) is 2.64. The highest BCUT2D eigenvalue weighted by molar-refractivity contribution is 7.99. The minimum Gasteiger partial charge on any atom is -0.481 e. The maximum atomic E-state index is 10.9. The van der Waals surface area contributed by atoms with E-state index in [2.05, 4.69) is 0 Å². The molecule has 0 aromatic heterocycles. The van der Waals surface area contributed by atoms with Crippen LogP contribution in [0.1, 0.15) is 12.8 Å². The Morgan fingerprint density at radius 2 is 2.00 bits per heavy atom. The Labute approximate surface area is 97.6 Å². The normalized spacial score (nSPS) is 17.4. The van der Waals surface area contributed by atoms with Gasteiger partial charge in [-0.05, 0) is 37.1 Å². The van der Waals surface area contributed by atoms with Gasteiger partial charge in [0.15, 0.2) is 0 Å². The third kappa shape index (κ3) is 2.47. The van der Waals surface area contributed by atoms with Crippen LogP contribution < -0.4 is 0 Å². The lowest BCUT2D eigenvalue weighted by molar-refractivity contribution is -0.142. The molecule has 0 unspecified atom stereocenters. The van der Waals surface area contributed by atoms with Crippen molar-refractivity contribution >= 4 is 29.3 Å². The molecular weight excluding hydrogens is 232 g/mol. The van der Waals surface area contributed by atoms with Crippen molar-refractivity contribution in [3.63, 3.8) is 0 Å². The first-order valence-corrected chi connectivity index (χ1v) is 6.11. The van der Waals surface area contributed by atoms with E-state index in [1.807, 2.05) is 24.3 Å².